The molecule has 4 aromatic rings. The summed E-state index contributed by atoms with van der Waals surface area (Å²) in [4.78, 5) is 30.2. The molecule has 3 heterocycles. The Balaban J connectivity index is 1.61. The van der Waals surface area contributed by atoms with Crippen molar-refractivity contribution in [2.45, 2.75) is 38.8 Å². The normalized spacial score (nSPS) is 16.2. The number of aryl methyl sites for hydroxylation is 1. The van der Waals surface area contributed by atoms with Gasteiger partial charge >= 0.3 is 5.69 Å². The summed E-state index contributed by atoms with van der Waals surface area (Å²) in [5.41, 5.74) is 3.07. The van der Waals surface area contributed by atoms with E-state index in [2.05, 4.69) is 66.5 Å². The van der Waals surface area contributed by atoms with Crippen LogP contribution in [0.25, 0.3) is 11.7 Å². The smallest absolute Gasteiger partial charge is 0.326 e. The van der Waals surface area contributed by atoms with Gasteiger partial charge < -0.3 is 15.4 Å². The maximum Gasteiger partial charge on any atom is 0.326 e. The fourth-order valence-corrected chi connectivity index (χ4v) is 3.28. The second-order valence-electron chi connectivity index (χ2n) is 7.81. The number of nitrogens with one attached hydrogen (secondary N) is 3. The lowest BCUT2D eigenvalue weighted by Gasteiger charge is -2.14. The second kappa shape index (κ2) is 7.38. The predicted molar refractivity (Wildman–Crippen MR) is 114 cm³/mol. The molecule has 1 aromatic carbocycles. The Labute approximate surface area is 176 Å². The molecule has 0 spiro atoms. The molecule has 1 fully saturated rings. The molecule has 1 aliphatic carbocycles. The highest BCUT2D eigenvalue weighted by molar-refractivity contribution is 5.57. The summed E-state index contributed by atoms with van der Waals surface area (Å²) in [6.07, 6.45) is 5.28. The number of nitrogens with zero attached hydrogens (tertiary/aromatic N) is 5. The first-order chi connectivity index (χ1) is 15.0. The minimum absolute atomic E-state index is 0.0164. The van der Waals surface area contributed by atoms with E-state index in [9.17, 15) is 9.90 Å². The monoisotopic (exact) mass is 418 g/mol. The van der Waals surface area contributed by atoms with Gasteiger partial charge in [0.2, 0.25) is 11.8 Å². The van der Waals surface area contributed by atoms with Gasteiger partial charge in [0.05, 0.1) is 18.3 Å². The molecule has 10 nitrogen and oxygen atoms in total. The summed E-state index contributed by atoms with van der Waals surface area (Å²) in [5, 5.41) is 18.2. The molecule has 3 aromatic heterocycles. The maximum absolute atomic E-state index is 11.5. The van der Waals surface area contributed by atoms with Crippen molar-refractivity contribution in [3.8, 4) is 5.88 Å². The zero-order chi connectivity index (χ0) is 21.5. The molecule has 158 valence electrons. The Morgan fingerprint density at radius 1 is 1.26 bits per heavy atom. The van der Waals surface area contributed by atoms with Gasteiger partial charge in [-0.2, -0.15) is 19.6 Å². The summed E-state index contributed by atoms with van der Waals surface area (Å²) < 4.78 is 1.58. The lowest BCUT2D eigenvalue weighted by Crippen LogP contribution is -2.25. The lowest BCUT2D eigenvalue weighted by molar-refractivity contribution is 0.454. The largest absolute Gasteiger partial charge is 0.493 e. The molecule has 4 N–H and O–H groups in total. The van der Waals surface area contributed by atoms with Crippen LogP contribution in [0.15, 0.2) is 40.2 Å². The molecule has 10 heteroatoms. The average Bonchev–Trinajstić information content (AvgIpc) is 3.37. The van der Waals surface area contributed by atoms with Crippen molar-refractivity contribution in [2.75, 3.05) is 5.32 Å². The van der Waals surface area contributed by atoms with E-state index in [1.54, 1.807) is 16.8 Å². The van der Waals surface area contributed by atoms with E-state index in [1.807, 2.05) is 6.92 Å². The van der Waals surface area contributed by atoms with Crippen LogP contribution in [-0.4, -0.2) is 40.7 Å². The fourth-order valence-electron chi connectivity index (χ4n) is 3.28. The van der Waals surface area contributed by atoms with E-state index in [0.717, 1.165) is 18.4 Å². The zero-order valence-corrected chi connectivity index (χ0v) is 17.1. The Bertz CT molecular complexity index is 1430. The number of anilines is 1. The van der Waals surface area contributed by atoms with Crippen LogP contribution in [0, 0.1) is 6.92 Å². The first-order valence-electron chi connectivity index (χ1n) is 10.1. The van der Waals surface area contributed by atoms with Gasteiger partial charge in [-0.25, -0.2) is 9.79 Å². The molecule has 5 rings (SSSR count). The molecule has 1 atom stereocenters. The number of aromatic nitrogens is 6. The SMILES string of the molecule is Cc1ccc([C@@H](C)Nc2nc(=NC3CC3)n3nc/c(=C\c4[nH]c(=O)[nH]c4O)c3n2)cc1. The Hall–Kier alpha value is -3.95. The third kappa shape index (κ3) is 3.91. The highest BCUT2D eigenvalue weighted by atomic mass is 16.3. The van der Waals surface area contributed by atoms with Gasteiger partial charge in [0.25, 0.3) is 5.62 Å². The van der Waals surface area contributed by atoms with Crippen molar-refractivity contribution in [2.24, 2.45) is 4.99 Å². The summed E-state index contributed by atoms with van der Waals surface area (Å²) >= 11 is 0. The summed E-state index contributed by atoms with van der Waals surface area (Å²) in [5.74, 6) is 0.189. The molecule has 0 aliphatic heterocycles. The number of aromatic hydroxyl groups is 1. The molecule has 0 bridgehead atoms. The first kappa shape index (κ1) is 19.0. The third-order valence-corrected chi connectivity index (χ3v) is 5.18. The van der Waals surface area contributed by atoms with Crippen molar-refractivity contribution in [1.82, 2.24) is 29.5 Å². The van der Waals surface area contributed by atoms with Gasteiger partial charge in [-0.15, -0.1) is 0 Å². The van der Waals surface area contributed by atoms with E-state index >= 15 is 0 Å². The first-order valence-corrected chi connectivity index (χ1v) is 10.1. The van der Waals surface area contributed by atoms with E-state index in [0.29, 0.717) is 22.4 Å². The number of imidazole rings is 1. The molecular formula is C21H22N8O2. The maximum atomic E-state index is 11.5. The van der Waals surface area contributed by atoms with Gasteiger partial charge in [-0.1, -0.05) is 29.8 Å². The second-order valence-corrected chi connectivity index (χ2v) is 7.81. The summed E-state index contributed by atoms with van der Waals surface area (Å²) in [6, 6.07) is 8.52. The van der Waals surface area contributed by atoms with Crippen LogP contribution in [0.5, 0.6) is 5.88 Å². The molecule has 0 unspecified atom stereocenters. The average molecular weight is 418 g/mol. The summed E-state index contributed by atoms with van der Waals surface area (Å²) in [6.45, 7) is 4.10. The van der Waals surface area contributed by atoms with E-state index < -0.39 is 5.69 Å². The molecule has 31 heavy (non-hydrogen) atoms. The van der Waals surface area contributed by atoms with Crippen LogP contribution in [0.3, 0.4) is 0 Å². The van der Waals surface area contributed by atoms with Crippen LogP contribution >= 0.6 is 0 Å². The Morgan fingerprint density at radius 3 is 2.71 bits per heavy atom. The molecule has 0 amide bonds. The minimum Gasteiger partial charge on any atom is -0.493 e. The van der Waals surface area contributed by atoms with Gasteiger partial charge in [-0.05, 0) is 38.3 Å². The zero-order valence-electron chi connectivity index (χ0n) is 17.1. The van der Waals surface area contributed by atoms with Crippen molar-refractivity contribution in [3.05, 3.63) is 68.6 Å². The molecule has 1 saturated carbocycles. The van der Waals surface area contributed by atoms with Crippen molar-refractivity contribution >= 4 is 17.7 Å². The Morgan fingerprint density at radius 2 is 2.03 bits per heavy atom. The number of benzene rings is 1. The highest BCUT2D eigenvalue weighted by Gasteiger charge is 2.21. The molecular weight excluding hydrogens is 396 g/mol. The van der Waals surface area contributed by atoms with Crippen molar-refractivity contribution in [1.29, 1.82) is 0 Å². The van der Waals surface area contributed by atoms with E-state index in [1.165, 1.54) is 5.56 Å². The van der Waals surface area contributed by atoms with E-state index in [-0.39, 0.29) is 23.7 Å². The third-order valence-electron chi connectivity index (χ3n) is 5.18. The lowest BCUT2D eigenvalue weighted by atomic mass is 10.1. The van der Waals surface area contributed by atoms with Crippen LogP contribution in [0.2, 0.25) is 0 Å². The molecule has 1 aliphatic rings. The van der Waals surface area contributed by atoms with Gasteiger partial charge in [0.1, 0.15) is 5.69 Å². The van der Waals surface area contributed by atoms with Gasteiger partial charge in [-0.3, -0.25) is 4.98 Å². The van der Waals surface area contributed by atoms with Crippen LogP contribution < -0.4 is 21.8 Å². The van der Waals surface area contributed by atoms with Crippen LogP contribution in [0.4, 0.5) is 5.95 Å². The topological polar surface area (TPSA) is 136 Å². The highest BCUT2D eigenvalue weighted by Crippen LogP contribution is 2.22. The Kier molecular flexibility index (Phi) is 4.54. The molecule has 0 radical (unpaired) electrons. The van der Waals surface area contributed by atoms with E-state index in [4.69, 9.17) is 0 Å². The van der Waals surface area contributed by atoms with Crippen molar-refractivity contribution in [3.63, 3.8) is 0 Å². The van der Waals surface area contributed by atoms with Gasteiger partial charge in [0.15, 0.2) is 5.65 Å². The number of fused-ring (bicyclic) bond motifs is 1. The van der Waals surface area contributed by atoms with Gasteiger partial charge in [0, 0.05) is 5.22 Å². The van der Waals surface area contributed by atoms with Crippen molar-refractivity contribution < 1.29 is 5.11 Å². The number of hydrogen-bond donors (Lipinski definition) is 4. The number of rotatable bonds is 5. The fraction of sp³-hybridized carbons (Fsp3) is 0.286. The van der Waals surface area contributed by atoms with Crippen LogP contribution in [-0.2, 0) is 0 Å². The summed E-state index contributed by atoms with van der Waals surface area (Å²) in [7, 11) is 0. The minimum atomic E-state index is -0.492. The standard InChI is InChI=1S/C21H22N8O2/c1-11-3-5-13(6-4-11)12(2)23-19-26-17-14(9-16-18(30)27-21(31)25-16)10-22-29(17)20(28-19)24-15-7-8-15/h3-6,9-10,12,15,30H,7-8H2,1-2H3,(H,23,24,28)(H2,25,27,31)/b14-9+/t12-/m1/s1. The predicted octanol–water partition coefficient (Wildman–Crippen LogP) is 0.939. The van der Waals surface area contributed by atoms with Crippen LogP contribution in [0.1, 0.15) is 42.6 Å². The number of aromatic amines is 2. The number of hydrogen-bond acceptors (Lipinski definition) is 7. The number of H-pyrrole nitrogens is 2. The molecule has 0 saturated heterocycles. The quantitative estimate of drug-likeness (QED) is 0.381.